The molecule has 1 aliphatic rings. The Morgan fingerprint density at radius 2 is 1.76 bits per heavy atom. The Kier molecular flexibility index (Phi) is 2.97. The molecular formula is C19H18N2. The topological polar surface area (TPSA) is 38.9 Å². The van der Waals surface area contributed by atoms with Crippen LogP contribution in [0.2, 0.25) is 0 Å². The van der Waals surface area contributed by atoms with Gasteiger partial charge in [0.15, 0.2) is 0 Å². The van der Waals surface area contributed by atoms with E-state index < -0.39 is 0 Å². The van der Waals surface area contributed by atoms with Gasteiger partial charge in [-0.2, -0.15) is 0 Å². The summed E-state index contributed by atoms with van der Waals surface area (Å²) in [6.07, 6.45) is 3.12. The summed E-state index contributed by atoms with van der Waals surface area (Å²) in [4.78, 5) is 4.53. The van der Waals surface area contributed by atoms with Crippen molar-refractivity contribution in [3.05, 3.63) is 78.0 Å². The molecule has 0 saturated heterocycles. The molecule has 2 aromatic carbocycles. The van der Waals surface area contributed by atoms with Gasteiger partial charge in [-0.1, -0.05) is 48.5 Å². The maximum absolute atomic E-state index is 6.48. The molecule has 2 heteroatoms. The first-order valence-electron chi connectivity index (χ1n) is 7.48. The summed E-state index contributed by atoms with van der Waals surface area (Å²) < 4.78 is 0. The maximum atomic E-state index is 6.48. The lowest BCUT2D eigenvalue weighted by Crippen LogP contribution is -2.13. The molecule has 3 atom stereocenters. The highest BCUT2D eigenvalue weighted by Crippen LogP contribution is 2.53. The van der Waals surface area contributed by atoms with E-state index in [1.54, 1.807) is 0 Å². The summed E-state index contributed by atoms with van der Waals surface area (Å²) in [5, 5.41) is 1.17. The molecule has 4 rings (SSSR count). The van der Waals surface area contributed by atoms with Crippen LogP contribution in [0.3, 0.4) is 0 Å². The number of nitrogens with two attached hydrogens (primary N) is 1. The van der Waals surface area contributed by atoms with Crippen molar-refractivity contribution in [1.82, 2.24) is 4.98 Å². The fourth-order valence-corrected chi connectivity index (χ4v) is 3.21. The highest BCUT2D eigenvalue weighted by Gasteiger charge is 2.42. The van der Waals surface area contributed by atoms with E-state index in [-0.39, 0.29) is 6.04 Å². The molecule has 1 heterocycles. The van der Waals surface area contributed by atoms with Crippen LogP contribution >= 0.6 is 0 Å². The van der Waals surface area contributed by atoms with Crippen LogP contribution in [0.25, 0.3) is 10.9 Å². The first-order chi connectivity index (χ1) is 10.3. The Bertz CT molecular complexity index is 767. The van der Waals surface area contributed by atoms with Gasteiger partial charge in [-0.15, -0.1) is 0 Å². The van der Waals surface area contributed by atoms with Crippen LogP contribution in [0.1, 0.15) is 29.5 Å². The second kappa shape index (κ2) is 4.97. The highest BCUT2D eigenvalue weighted by atomic mass is 14.7. The monoisotopic (exact) mass is 274 g/mol. The molecule has 0 bridgehead atoms. The van der Waals surface area contributed by atoms with Crippen molar-refractivity contribution in [2.45, 2.75) is 18.4 Å². The van der Waals surface area contributed by atoms with E-state index in [0.717, 1.165) is 11.1 Å². The van der Waals surface area contributed by atoms with Gasteiger partial charge < -0.3 is 5.73 Å². The number of aromatic nitrogens is 1. The zero-order valence-electron chi connectivity index (χ0n) is 11.8. The molecule has 2 nitrogen and oxygen atoms in total. The second-order valence-electron chi connectivity index (χ2n) is 5.90. The molecule has 0 spiro atoms. The van der Waals surface area contributed by atoms with E-state index in [4.69, 9.17) is 5.73 Å². The van der Waals surface area contributed by atoms with E-state index in [9.17, 15) is 0 Å². The predicted octanol–water partition coefficient (Wildman–Crippen LogP) is 4.04. The standard InChI is InChI=1S/C19H18N2/c20-19(17-11-16(17)13-6-2-1-3-7-13)15-10-14-8-4-5-9-18(14)21-12-15/h1-10,12,16-17,19H,11,20H2. The van der Waals surface area contributed by atoms with Crippen molar-refractivity contribution in [3.63, 3.8) is 0 Å². The number of pyridine rings is 1. The largest absolute Gasteiger partial charge is 0.324 e. The lowest BCUT2D eigenvalue weighted by molar-refractivity contribution is 0.614. The zero-order valence-corrected chi connectivity index (χ0v) is 11.8. The Morgan fingerprint density at radius 1 is 1.00 bits per heavy atom. The molecule has 3 unspecified atom stereocenters. The van der Waals surface area contributed by atoms with E-state index in [0.29, 0.717) is 11.8 Å². The molecule has 3 aromatic rings. The van der Waals surface area contributed by atoms with Crippen LogP contribution < -0.4 is 5.73 Å². The third-order valence-corrected chi connectivity index (χ3v) is 4.53. The quantitative estimate of drug-likeness (QED) is 0.783. The van der Waals surface area contributed by atoms with Crippen molar-refractivity contribution < 1.29 is 0 Å². The van der Waals surface area contributed by atoms with Gasteiger partial charge in [-0.3, -0.25) is 4.98 Å². The molecule has 104 valence electrons. The van der Waals surface area contributed by atoms with Crippen LogP contribution in [-0.4, -0.2) is 4.98 Å². The van der Waals surface area contributed by atoms with E-state index in [2.05, 4.69) is 47.4 Å². The van der Waals surface area contributed by atoms with Crippen molar-refractivity contribution in [3.8, 4) is 0 Å². The van der Waals surface area contributed by atoms with E-state index in [1.165, 1.54) is 17.4 Å². The molecule has 0 aliphatic heterocycles. The van der Waals surface area contributed by atoms with Gasteiger partial charge in [0.2, 0.25) is 0 Å². The van der Waals surface area contributed by atoms with E-state index >= 15 is 0 Å². The first kappa shape index (κ1) is 12.5. The summed E-state index contributed by atoms with van der Waals surface area (Å²) in [5.41, 5.74) is 10.1. The molecule has 21 heavy (non-hydrogen) atoms. The van der Waals surface area contributed by atoms with Crippen molar-refractivity contribution in [1.29, 1.82) is 0 Å². The number of benzene rings is 2. The summed E-state index contributed by atoms with van der Waals surface area (Å²) in [6.45, 7) is 0. The summed E-state index contributed by atoms with van der Waals surface area (Å²) in [7, 11) is 0. The lowest BCUT2D eigenvalue weighted by atomic mass is 10.00. The fourth-order valence-electron chi connectivity index (χ4n) is 3.21. The molecule has 1 aromatic heterocycles. The molecule has 1 fully saturated rings. The average Bonchev–Trinajstić information content (AvgIpc) is 3.35. The smallest absolute Gasteiger partial charge is 0.0702 e. The second-order valence-corrected chi connectivity index (χ2v) is 5.90. The molecule has 1 aliphatic carbocycles. The number of hydrogen-bond donors (Lipinski definition) is 1. The highest BCUT2D eigenvalue weighted by molar-refractivity contribution is 5.78. The number of hydrogen-bond acceptors (Lipinski definition) is 2. The van der Waals surface area contributed by atoms with Gasteiger partial charge in [0.25, 0.3) is 0 Å². The maximum Gasteiger partial charge on any atom is 0.0702 e. The van der Waals surface area contributed by atoms with Gasteiger partial charge >= 0.3 is 0 Å². The van der Waals surface area contributed by atoms with Crippen molar-refractivity contribution in [2.24, 2.45) is 11.7 Å². The Hall–Kier alpha value is -2.19. The minimum atomic E-state index is 0.0762. The van der Waals surface area contributed by atoms with Crippen LogP contribution in [0, 0.1) is 5.92 Å². The van der Waals surface area contributed by atoms with Crippen molar-refractivity contribution in [2.75, 3.05) is 0 Å². The molecule has 1 saturated carbocycles. The number of nitrogens with zero attached hydrogens (tertiary/aromatic N) is 1. The van der Waals surface area contributed by atoms with Gasteiger partial charge in [-0.05, 0) is 41.5 Å². The van der Waals surface area contributed by atoms with E-state index in [1.807, 2.05) is 24.4 Å². The SMILES string of the molecule is NC(c1cnc2ccccc2c1)C1CC1c1ccccc1. The fraction of sp³-hybridized carbons (Fsp3) is 0.211. The van der Waals surface area contributed by atoms with Crippen LogP contribution in [-0.2, 0) is 0 Å². The lowest BCUT2D eigenvalue weighted by Gasteiger charge is -2.12. The minimum absolute atomic E-state index is 0.0762. The van der Waals surface area contributed by atoms with Gasteiger partial charge in [0.05, 0.1) is 5.52 Å². The predicted molar refractivity (Wildman–Crippen MR) is 86.0 cm³/mol. The third-order valence-electron chi connectivity index (χ3n) is 4.53. The van der Waals surface area contributed by atoms with Crippen LogP contribution in [0.5, 0.6) is 0 Å². The van der Waals surface area contributed by atoms with Crippen molar-refractivity contribution >= 4 is 10.9 Å². The third kappa shape index (κ3) is 2.32. The molecular weight excluding hydrogens is 256 g/mol. The number of fused-ring (bicyclic) bond motifs is 1. The normalized spacial score (nSPS) is 22.1. The molecule has 0 amide bonds. The minimum Gasteiger partial charge on any atom is -0.324 e. The molecule has 2 N–H and O–H groups in total. The van der Waals surface area contributed by atoms with Crippen LogP contribution in [0.15, 0.2) is 66.9 Å². The van der Waals surface area contributed by atoms with Gasteiger partial charge in [0, 0.05) is 17.6 Å². The Balaban J connectivity index is 1.58. The Morgan fingerprint density at radius 3 is 2.62 bits per heavy atom. The number of rotatable bonds is 3. The summed E-state index contributed by atoms with van der Waals surface area (Å²) >= 11 is 0. The summed E-state index contributed by atoms with van der Waals surface area (Å²) in [6, 6.07) is 21.1. The van der Waals surface area contributed by atoms with Gasteiger partial charge in [-0.25, -0.2) is 0 Å². The Labute approximate surface area is 124 Å². The van der Waals surface area contributed by atoms with Crippen LogP contribution in [0.4, 0.5) is 0 Å². The van der Waals surface area contributed by atoms with Gasteiger partial charge in [0.1, 0.15) is 0 Å². The zero-order chi connectivity index (χ0) is 14.2. The average molecular weight is 274 g/mol. The first-order valence-corrected chi connectivity index (χ1v) is 7.48. The molecule has 0 radical (unpaired) electrons. The number of para-hydroxylation sites is 1. The summed E-state index contributed by atoms with van der Waals surface area (Å²) in [5.74, 6) is 1.14.